The molecule has 0 N–H and O–H groups in total. The summed E-state index contributed by atoms with van der Waals surface area (Å²) in [6.07, 6.45) is 5.77. The monoisotopic (exact) mass is 265 g/mol. The molecule has 0 aromatic carbocycles. The van der Waals surface area contributed by atoms with Crippen LogP contribution in [-0.4, -0.2) is 14.4 Å². The van der Waals surface area contributed by atoms with E-state index in [2.05, 4.69) is 37.3 Å². The highest BCUT2D eigenvalue weighted by molar-refractivity contribution is 7.21. The molecule has 5 heteroatoms. The molecule has 0 aliphatic carbocycles. The van der Waals surface area contributed by atoms with Gasteiger partial charge in [-0.3, -0.25) is 4.98 Å². The second-order valence-corrected chi connectivity index (χ2v) is 5.70. The summed E-state index contributed by atoms with van der Waals surface area (Å²) in [5, 5.41) is 1.30. The third-order valence-corrected chi connectivity index (χ3v) is 4.77. The lowest BCUT2D eigenvalue weighted by atomic mass is 10.2. The van der Waals surface area contributed by atoms with E-state index < -0.39 is 0 Å². The summed E-state index contributed by atoms with van der Waals surface area (Å²) in [7, 11) is 0. The Kier molecular flexibility index (Phi) is 1.62. The van der Waals surface area contributed by atoms with Gasteiger partial charge in [0.15, 0.2) is 5.01 Å². The highest BCUT2D eigenvalue weighted by atomic mass is 32.1. The van der Waals surface area contributed by atoms with Crippen LogP contribution in [0.15, 0.2) is 42.9 Å². The van der Waals surface area contributed by atoms with Crippen LogP contribution in [0.2, 0.25) is 0 Å². The lowest BCUT2D eigenvalue weighted by Crippen LogP contribution is -2.31. The minimum Gasteiger partial charge on any atom is -0.256 e. The van der Waals surface area contributed by atoms with E-state index in [0.717, 1.165) is 17.9 Å². The standard InChI is InChI=1S/C14H9N4S/c1-3-9-10(15-4-1)8-18-13-11(19-14(9)18)7-12-16-5-2-6-17(12)13/h1-7H,8H2/q+1. The Morgan fingerprint density at radius 2 is 2.16 bits per heavy atom. The third kappa shape index (κ3) is 1.11. The third-order valence-electron chi connectivity index (χ3n) is 3.62. The SMILES string of the molecule is c1cnc2c(c1)-c1sc3cc4ncccn4c3[n+]1C2. The zero-order chi connectivity index (χ0) is 12.4. The first-order valence-corrected chi connectivity index (χ1v) is 6.96. The Bertz CT molecular complexity index is 951. The molecule has 5 rings (SSSR count). The molecule has 4 nitrogen and oxygen atoms in total. The number of hydrogen-bond donors (Lipinski definition) is 0. The molecule has 4 aromatic heterocycles. The summed E-state index contributed by atoms with van der Waals surface area (Å²) in [4.78, 5) is 8.88. The van der Waals surface area contributed by atoms with Gasteiger partial charge in [-0.15, -0.1) is 0 Å². The summed E-state index contributed by atoms with van der Waals surface area (Å²) in [5.41, 5.74) is 4.65. The average Bonchev–Trinajstić information content (AvgIpc) is 3.05. The van der Waals surface area contributed by atoms with Crippen LogP contribution in [-0.2, 0) is 6.54 Å². The molecule has 0 atom stereocenters. The lowest BCUT2D eigenvalue weighted by molar-refractivity contribution is -0.644. The van der Waals surface area contributed by atoms with Crippen molar-refractivity contribution in [2.75, 3.05) is 0 Å². The highest BCUT2D eigenvalue weighted by Crippen LogP contribution is 2.35. The molecule has 4 aromatic rings. The van der Waals surface area contributed by atoms with Gasteiger partial charge in [-0.25, -0.2) is 9.55 Å². The van der Waals surface area contributed by atoms with Gasteiger partial charge >= 0.3 is 5.65 Å². The molecular weight excluding hydrogens is 256 g/mol. The molecule has 1 aliphatic heterocycles. The molecule has 0 unspecified atom stereocenters. The maximum absolute atomic E-state index is 4.48. The van der Waals surface area contributed by atoms with E-state index in [-0.39, 0.29) is 0 Å². The normalized spacial score (nSPS) is 13.1. The summed E-state index contributed by atoms with van der Waals surface area (Å²) in [5.74, 6) is 0. The van der Waals surface area contributed by atoms with E-state index >= 15 is 0 Å². The molecule has 0 spiro atoms. The Hall–Kier alpha value is -2.27. The zero-order valence-corrected chi connectivity index (χ0v) is 10.8. The van der Waals surface area contributed by atoms with Crippen molar-refractivity contribution in [1.29, 1.82) is 0 Å². The molecule has 0 saturated carbocycles. The van der Waals surface area contributed by atoms with Crippen LogP contribution < -0.4 is 4.57 Å². The van der Waals surface area contributed by atoms with Crippen molar-refractivity contribution in [3.63, 3.8) is 0 Å². The average molecular weight is 265 g/mol. The first-order valence-electron chi connectivity index (χ1n) is 6.14. The van der Waals surface area contributed by atoms with Crippen LogP contribution in [0, 0.1) is 0 Å². The lowest BCUT2D eigenvalue weighted by Gasteiger charge is -1.91. The van der Waals surface area contributed by atoms with E-state index in [0.29, 0.717) is 0 Å². The van der Waals surface area contributed by atoms with Crippen LogP contribution >= 0.6 is 11.3 Å². The smallest absolute Gasteiger partial charge is 0.256 e. The minimum atomic E-state index is 0.854. The van der Waals surface area contributed by atoms with E-state index in [1.165, 1.54) is 20.9 Å². The number of rotatable bonds is 0. The predicted molar refractivity (Wildman–Crippen MR) is 73.1 cm³/mol. The van der Waals surface area contributed by atoms with Crippen molar-refractivity contribution in [1.82, 2.24) is 14.4 Å². The van der Waals surface area contributed by atoms with Gasteiger partial charge in [0.1, 0.15) is 11.2 Å². The molecule has 5 heterocycles. The highest BCUT2D eigenvalue weighted by Gasteiger charge is 2.31. The number of thiazole rings is 1. The van der Waals surface area contributed by atoms with E-state index in [1.807, 2.05) is 35.9 Å². The Balaban J connectivity index is 1.94. The van der Waals surface area contributed by atoms with Crippen molar-refractivity contribution in [2.45, 2.75) is 6.54 Å². The molecular formula is C14H9N4S+. The molecule has 0 radical (unpaired) electrons. The Morgan fingerprint density at radius 1 is 1.21 bits per heavy atom. The second-order valence-electron chi connectivity index (χ2n) is 4.67. The van der Waals surface area contributed by atoms with Gasteiger partial charge in [0.05, 0.1) is 17.5 Å². The Labute approximate surface area is 112 Å². The van der Waals surface area contributed by atoms with Crippen LogP contribution in [0.25, 0.3) is 26.6 Å². The maximum Gasteiger partial charge on any atom is 0.307 e. The number of aromatic nitrogens is 4. The van der Waals surface area contributed by atoms with Gasteiger partial charge in [-0.2, -0.15) is 4.40 Å². The summed E-state index contributed by atoms with van der Waals surface area (Å²) < 4.78 is 5.77. The topological polar surface area (TPSA) is 34.1 Å². The van der Waals surface area contributed by atoms with Crippen LogP contribution in [0.4, 0.5) is 0 Å². The predicted octanol–water partition coefficient (Wildman–Crippen LogP) is 2.26. The maximum atomic E-state index is 4.48. The van der Waals surface area contributed by atoms with Crippen molar-refractivity contribution < 1.29 is 4.57 Å². The Morgan fingerprint density at radius 3 is 3.16 bits per heavy atom. The van der Waals surface area contributed by atoms with Crippen LogP contribution in [0.3, 0.4) is 0 Å². The second kappa shape index (κ2) is 3.19. The number of hydrogen-bond acceptors (Lipinski definition) is 3. The van der Waals surface area contributed by atoms with E-state index in [4.69, 9.17) is 0 Å². The van der Waals surface area contributed by atoms with Gasteiger partial charge in [0, 0.05) is 18.5 Å². The summed E-state index contributed by atoms with van der Waals surface area (Å²) in [6.45, 7) is 0.854. The quantitative estimate of drug-likeness (QED) is 0.402. The van der Waals surface area contributed by atoms with Gasteiger partial charge in [0.2, 0.25) is 5.65 Å². The van der Waals surface area contributed by atoms with Crippen molar-refractivity contribution in [3.8, 4) is 10.6 Å². The van der Waals surface area contributed by atoms with Gasteiger partial charge < -0.3 is 0 Å². The van der Waals surface area contributed by atoms with Crippen molar-refractivity contribution in [3.05, 3.63) is 48.5 Å². The van der Waals surface area contributed by atoms with Gasteiger partial charge in [-0.05, 0) is 18.2 Å². The first-order chi connectivity index (χ1) is 9.42. The molecule has 90 valence electrons. The van der Waals surface area contributed by atoms with Crippen molar-refractivity contribution in [2.24, 2.45) is 0 Å². The number of fused-ring (bicyclic) bond motifs is 7. The van der Waals surface area contributed by atoms with Crippen molar-refractivity contribution >= 4 is 27.3 Å². The number of pyridine rings is 1. The van der Waals surface area contributed by atoms with Crippen LogP contribution in [0.5, 0.6) is 0 Å². The minimum absolute atomic E-state index is 0.854. The van der Waals surface area contributed by atoms with E-state index in [9.17, 15) is 0 Å². The van der Waals surface area contributed by atoms with Gasteiger partial charge in [0.25, 0.3) is 0 Å². The first kappa shape index (κ1) is 9.63. The fourth-order valence-electron chi connectivity index (χ4n) is 2.82. The molecule has 0 saturated heterocycles. The zero-order valence-electron chi connectivity index (χ0n) is 9.95. The largest absolute Gasteiger partial charge is 0.307 e. The summed E-state index contributed by atoms with van der Waals surface area (Å²) >= 11 is 1.82. The molecule has 0 amide bonds. The number of nitrogens with zero attached hydrogens (tertiary/aromatic N) is 4. The fraction of sp³-hybridized carbons (Fsp3) is 0.0714. The molecule has 0 bridgehead atoms. The summed E-state index contributed by atoms with van der Waals surface area (Å²) in [6, 6.07) is 8.28. The fourth-order valence-corrected chi connectivity index (χ4v) is 4.05. The molecule has 19 heavy (non-hydrogen) atoms. The van der Waals surface area contributed by atoms with Gasteiger partial charge in [-0.1, -0.05) is 11.3 Å². The molecule has 1 aliphatic rings. The van der Waals surface area contributed by atoms with Crippen LogP contribution in [0.1, 0.15) is 5.69 Å². The van der Waals surface area contributed by atoms with E-state index in [1.54, 1.807) is 0 Å². The molecule has 0 fully saturated rings.